The average molecular weight is 340 g/mol. The van der Waals surface area contributed by atoms with Crippen molar-refractivity contribution in [1.29, 1.82) is 0 Å². The summed E-state index contributed by atoms with van der Waals surface area (Å²) < 4.78 is 28.8. The second-order valence-corrected chi connectivity index (χ2v) is 4.76. The van der Waals surface area contributed by atoms with Crippen molar-refractivity contribution in [3.05, 3.63) is 28.2 Å². The molecule has 0 aliphatic rings. The second kappa shape index (κ2) is 7.70. The minimum Gasteiger partial charge on any atom is -0.374 e. The monoisotopic (exact) mass is 339 g/mol. The number of alkyl halides is 2. The molecule has 100 valence electrons. The molecule has 0 saturated heterocycles. The molecule has 1 amide bonds. The predicted molar refractivity (Wildman–Crippen MR) is 70.6 cm³/mol. The quantitative estimate of drug-likeness (QED) is 0.617. The highest BCUT2D eigenvalue weighted by atomic mass is 79.9. The van der Waals surface area contributed by atoms with Crippen LogP contribution in [0.4, 0.5) is 8.78 Å². The van der Waals surface area contributed by atoms with Crippen molar-refractivity contribution < 1.29 is 18.3 Å². The zero-order valence-electron chi connectivity index (χ0n) is 9.33. The minimum absolute atomic E-state index is 0.0499. The number of rotatable bonds is 6. The van der Waals surface area contributed by atoms with Crippen molar-refractivity contribution in [3.8, 4) is 0 Å². The fourth-order valence-electron chi connectivity index (χ4n) is 1.19. The third kappa shape index (κ3) is 5.32. The zero-order valence-corrected chi connectivity index (χ0v) is 11.8. The van der Waals surface area contributed by atoms with Gasteiger partial charge in [0, 0.05) is 15.9 Å². The maximum atomic E-state index is 11.8. The summed E-state index contributed by atoms with van der Waals surface area (Å²) in [5.74, 6) is -0.307. The molecule has 0 saturated carbocycles. The van der Waals surface area contributed by atoms with Gasteiger partial charge in [-0.15, -0.1) is 12.6 Å². The van der Waals surface area contributed by atoms with Gasteiger partial charge in [-0.3, -0.25) is 4.79 Å². The lowest BCUT2D eigenvalue weighted by molar-refractivity contribution is 0.0188. The Morgan fingerprint density at radius 1 is 1.50 bits per heavy atom. The summed E-state index contributed by atoms with van der Waals surface area (Å²) in [5.41, 5.74) is 0.441. The van der Waals surface area contributed by atoms with Crippen LogP contribution in [0.15, 0.2) is 27.6 Å². The SMILES string of the molecule is O=C(NCCOCC(F)F)c1cc(S)ccc1Br. The van der Waals surface area contributed by atoms with E-state index in [-0.39, 0.29) is 19.1 Å². The summed E-state index contributed by atoms with van der Waals surface area (Å²) in [6.45, 7) is -0.394. The van der Waals surface area contributed by atoms with Crippen molar-refractivity contribution >= 4 is 34.5 Å². The number of carbonyl (C=O) groups excluding carboxylic acids is 1. The summed E-state index contributed by atoms with van der Waals surface area (Å²) >= 11 is 7.38. The van der Waals surface area contributed by atoms with Crippen LogP contribution in [0.1, 0.15) is 10.4 Å². The van der Waals surface area contributed by atoms with Crippen LogP contribution < -0.4 is 5.32 Å². The smallest absolute Gasteiger partial charge is 0.261 e. The lowest BCUT2D eigenvalue weighted by atomic mass is 10.2. The van der Waals surface area contributed by atoms with Gasteiger partial charge in [-0.05, 0) is 34.1 Å². The Labute approximate surface area is 117 Å². The number of hydrogen-bond donors (Lipinski definition) is 2. The first-order chi connectivity index (χ1) is 8.50. The van der Waals surface area contributed by atoms with Gasteiger partial charge in [0.15, 0.2) is 0 Å². The number of nitrogens with one attached hydrogen (secondary N) is 1. The number of thiol groups is 1. The van der Waals surface area contributed by atoms with E-state index in [4.69, 9.17) is 0 Å². The van der Waals surface area contributed by atoms with Crippen LogP contribution in [0.2, 0.25) is 0 Å². The van der Waals surface area contributed by atoms with Gasteiger partial charge in [-0.2, -0.15) is 0 Å². The molecule has 0 unspecified atom stereocenters. The normalized spacial score (nSPS) is 10.7. The fourth-order valence-corrected chi connectivity index (χ4v) is 1.82. The van der Waals surface area contributed by atoms with Crippen LogP contribution in [0.25, 0.3) is 0 Å². The van der Waals surface area contributed by atoms with Crippen LogP contribution >= 0.6 is 28.6 Å². The number of hydrogen-bond acceptors (Lipinski definition) is 3. The van der Waals surface area contributed by atoms with E-state index in [1.165, 1.54) is 0 Å². The van der Waals surface area contributed by atoms with Gasteiger partial charge in [0.2, 0.25) is 0 Å². The Morgan fingerprint density at radius 3 is 2.89 bits per heavy atom. The first-order valence-corrected chi connectivity index (χ1v) is 6.37. The fraction of sp³-hybridized carbons (Fsp3) is 0.364. The lowest BCUT2D eigenvalue weighted by Crippen LogP contribution is -2.28. The molecule has 0 spiro atoms. The topological polar surface area (TPSA) is 38.3 Å². The van der Waals surface area contributed by atoms with E-state index in [1.807, 2.05) is 0 Å². The number of carbonyl (C=O) groups is 1. The van der Waals surface area contributed by atoms with Crippen molar-refractivity contribution in [2.75, 3.05) is 19.8 Å². The Balaban J connectivity index is 2.39. The highest BCUT2D eigenvalue weighted by molar-refractivity contribution is 9.10. The molecule has 18 heavy (non-hydrogen) atoms. The molecule has 7 heteroatoms. The molecule has 1 aromatic carbocycles. The highest BCUT2D eigenvalue weighted by Crippen LogP contribution is 2.19. The highest BCUT2D eigenvalue weighted by Gasteiger charge is 2.09. The molecular weight excluding hydrogens is 328 g/mol. The molecule has 0 radical (unpaired) electrons. The molecule has 0 heterocycles. The molecule has 1 N–H and O–H groups in total. The Kier molecular flexibility index (Phi) is 6.59. The summed E-state index contributed by atoms with van der Waals surface area (Å²) in [6.07, 6.45) is -2.49. The summed E-state index contributed by atoms with van der Waals surface area (Å²) in [6, 6.07) is 5.07. The van der Waals surface area contributed by atoms with E-state index in [0.717, 1.165) is 0 Å². The van der Waals surface area contributed by atoms with Crippen LogP contribution in [0.3, 0.4) is 0 Å². The van der Waals surface area contributed by atoms with Crippen molar-refractivity contribution in [2.45, 2.75) is 11.3 Å². The minimum atomic E-state index is -2.49. The number of ether oxygens (including phenoxy) is 1. The van der Waals surface area contributed by atoms with Crippen molar-refractivity contribution in [3.63, 3.8) is 0 Å². The average Bonchev–Trinajstić information content (AvgIpc) is 2.31. The van der Waals surface area contributed by atoms with E-state index in [2.05, 4.69) is 38.6 Å². The summed E-state index contributed by atoms with van der Waals surface area (Å²) in [5, 5.41) is 2.57. The van der Waals surface area contributed by atoms with Crippen LogP contribution in [0.5, 0.6) is 0 Å². The third-order valence-corrected chi connectivity index (χ3v) is 2.94. The van der Waals surface area contributed by atoms with Gasteiger partial charge in [0.05, 0.1) is 12.2 Å². The maximum absolute atomic E-state index is 11.8. The number of benzene rings is 1. The molecule has 3 nitrogen and oxygen atoms in total. The Hall–Kier alpha value is -0.660. The van der Waals surface area contributed by atoms with E-state index in [0.29, 0.717) is 14.9 Å². The van der Waals surface area contributed by atoms with Crippen LogP contribution in [0, 0.1) is 0 Å². The van der Waals surface area contributed by atoms with Crippen LogP contribution in [-0.4, -0.2) is 32.1 Å². The first-order valence-electron chi connectivity index (χ1n) is 5.13. The standard InChI is InChI=1S/C11H12BrF2NO2S/c12-9-2-1-7(18)5-8(9)11(16)15-3-4-17-6-10(13)14/h1-2,5,10,18H,3-4,6H2,(H,15,16). The molecule has 0 aliphatic heterocycles. The van der Waals surface area contributed by atoms with Crippen LogP contribution in [-0.2, 0) is 4.74 Å². The van der Waals surface area contributed by atoms with Gasteiger partial charge in [0.1, 0.15) is 6.61 Å². The molecule has 0 aliphatic carbocycles. The molecule has 0 aromatic heterocycles. The van der Waals surface area contributed by atoms with E-state index in [1.54, 1.807) is 18.2 Å². The Morgan fingerprint density at radius 2 is 2.22 bits per heavy atom. The molecule has 1 rings (SSSR count). The second-order valence-electron chi connectivity index (χ2n) is 3.39. The first kappa shape index (κ1) is 15.4. The molecular formula is C11H12BrF2NO2S. The maximum Gasteiger partial charge on any atom is 0.261 e. The Bertz CT molecular complexity index is 418. The summed E-state index contributed by atoms with van der Waals surface area (Å²) in [7, 11) is 0. The van der Waals surface area contributed by atoms with E-state index < -0.39 is 13.0 Å². The van der Waals surface area contributed by atoms with E-state index >= 15 is 0 Å². The van der Waals surface area contributed by atoms with Gasteiger partial charge in [0.25, 0.3) is 12.3 Å². The van der Waals surface area contributed by atoms with E-state index in [9.17, 15) is 13.6 Å². The van der Waals surface area contributed by atoms with Gasteiger partial charge in [-0.25, -0.2) is 8.78 Å². The largest absolute Gasteiger partial charge is 0.374 e. The summed E-state index contributed by atoms with van der Waals surface area (Å²) in [4.78, 5) is 12.4. The zero-order chi connectivity index (χ0) is 13.5. The number of halogens is 3. The third-order valence-electron chi connectivity index (χ3n) is 1.97. The molecule has 0 fully saturated rings. The lowest BCUT2D eigenvalue weighted by Gasteiger charge is -2.08. The molecule has 0 bridgehead atoms. The molecule has 1 aromatic rings. The van der Waals surface area contributed by atoms with Gasteiger partial charge >= 0.3 is 0 Å². The van der Waals surface area contributed by atoms with Crippen molar-refractivity contribution in [2.24, 2.45) is 0 Å². The predicted octanol–water partition coefficient (Wildman–Crippen LogP) is 2.75. The van der Waals surface area contributed by atoms with Gasteiger partial charge < -0.3 is 10.1 Å². The van der Waals surface area contributed by atoms with Gasteiger partial charge in [-0.1, -0.05) is 0 Å². The molecule has 0 atom stereocenters. The number of amides is 1. The van der Waals surface area contributed by atoms with Crippen molar-refractivity contribution in [1.82, 2.24) is 5.32 Å².